The minimum absolute atomic E-state index is 0.110. The summed E-state index contributed by atoms with van der Waals surface area (Å²) < 4.78 is 10.6. The Balaban J connectivity index is 2.57. The first kappa shape index (κ1) is 12.2. The molecule has 0 bridgehead atoms. The van der Waals surface area contributed by atoms with Crippen molar-refractivity contribution in [3.8, 4) is 0 Å². The van der Waals surface area contributed by atoms with Crippen LogP contribution in [0.15, 0.2) is 11.8 Å². The van der Waals surface area contributed by atoms with Crippen LogP contribution >= 0.6 is 0 Å². The number of carbonyl (C=O) groups is 1. The second-order valence-corrected chi connectivity index (χ2v) is 3.71. The van der Waals surface area contributed by atoms with E-state index in [1.165, 1.54) is 0 Å². The number of Topliss-reactive ketones (excluding diaryl/α,β-unsaturated/α-hetero) is 1. The van der Waals surface area contributed by atoms with Crippen molar-refractivity contribution in [1.29, 1.82) is 0 Å². The molecule has 1 heterocycles. The molecule has 1 aliphatic heterocycles. The third-order valence-electron chi connectivity index (χ3n) is 2.46. The van der Waals surface area contributed by atoms with Crippen molar-refractivity contribution in [2.45, 2.75) is 45.6 Å². The maximum atomic E-state index is 12.0. The minimum Gasteiger partial charge on any atom is -0.501 e. The first-order valence-corrected chi connectivity index (χ1v) is 5.76. The molecule has 0 N–H and O–H groups in total. The first-order valence-electron chi connectivity index (χ1n) is 5.76. The van der Waals surface area contributed by atoms with Gasteiger partial charge in [0, 0.05) is 12.2 Å². The fraction of sp³-hybridized carbons (Fsp3) is 0.750. The summed E-state index contributed by atoms with van der Waals surface area (Å²) in [5, 5.41) is 0. The molecule has 0 radical (unpaired) electrons. The molecule has 3 heteroatoms. The maximum absolute atomic E-state index is 12.0. The molecule has 1 atom stereocenters. The number of hydrogen-bond acceptors (Lipinski definition) is 3. The normalized spacial score (nSPS) is 17.9. The van der Waals surface area contributed by atoms with Crippen LogP contribution in [0.5, 0.6) is 0 Å². The zero-order valence-electron chi connectivity index (χ0n) is 9.62. The van der Waals surface area contributed by atoms with Crippen molar-refractivity contribution >= 4 is 5.78 Å². The molecule has 3 nitrogen and oxygen atoms in total. The number of ketones is 1. The Morgan fingerprint density at radius 3 is 2.93 bits per heavy atom. The first-order chi connectivity index (χ1) is 7.29. The SMILES string of the molecule is CCCC(OCC)C(=O)C1=COCCC1. The average Bonchev–Trinajstić information content (AvgIpc) is 2.29. The smallest absolute Gasteiger partial charge is 0.190 e. The highest BCUT2D eigenvalue weighted by Gasteiger charge is 2.22. The van der Waals surface area contributed by atoms with Gasteiger partial charge in [0.1, 0.15) is 6.10 Å². The van der Waals surface area contributed by atoms with Crippen molar-refractivity contribution in [1.82, 2.24) is 0 Å². The second kappa shape index (κ2) is 6.62. The summed E-state index contributed by atoms with van der Waals surface area (Å²) in [5.74, 6) is 0.110. The van der Waals surface area contributed by atoms with Crippen LogP contribution in [-0.4, -0.2) is 25.1 Å². The topological polar surface area (TPSA) is 35.5 Å². The van der Waals surface area contributed by atoms with Crippen LogP contribution in [-0.2, 0) is 14.3 Å². The van der Waals surface area contributed by atoms with E-state index in [-0.39, 0.29) is 11.9 Å². The summed E-state index contributed by atoms with van der Waals surface area (Å²) in [4.78, 5) is 12.0. The molecule has 0 amide bonds. The molecule has 0 saturated heterocycles. The van der Waals surface area contributed by atoms with Crippen LogP contribution in [0.4, 0.5) is 0 Å². The molecule has 1 unspecified atom stereocenters. The zero-order chi connectivity index (χ0) is 11.1. The van der Waals surface area contributed by atoms with E-state index in [1.807, 2.05) is 6.92 Å². The fourth-order valence-corrected chi connectivity index (χ4v) is 1.71. The summed E-state index contributed by atoms with van der Waals surface area (Å²) in [6.07, 6.45) is 4.85. The van der Waals surface area contributed by atoms with Crippen LogP contribution < -0.4 is 0 Å². The molecule has 0 saturated carbocycles. The largest absolute Gasteiger partial charge is 0.501 e. The van der Waals surface area contributed by atoms with Crippen molar-refractivity contribution in [3.63, 3.8) is 0 Å². The molecular formula is C12H20O3. The Morgan fingerprint density at radius 2 is 2.40 bits per heavy atom. The highest BCUT2D eigenvalue weighted by Crippen LogP contribution is 2.17. The van der Waals surface area contributed by atoms with Crippen molar-refractivity contribution in [2.24, 2.45) is 0 Å². The van der Waals surface area contributed by atoms with Gasteiger partial charge in [-0.15, -0.1) is 0 Å². The summed E-state index contributed by atoms with van der Waals surface area (Å²) >= 11 is 0. The molecule has 0 aromatic heterocycles. The van der Waals surface area contributed by atoms with Gasteiger partial charge in [-0.1, -0.05) is 13.3 Å². The highest BCUT2D eigenvalue weighted by molar-refractivity contribution is 5.98. The van der Waals surface area contributed by atoms with Gasteiger partial charge in [-0.25, -0.2) is 0 Å². The van der Waals surface area contributed by atoms with E-state index in [0.717, 1.165) is 37.9 Å². The van der Waals surface area contributed by atoms with Gasteiger partial charge in [0.15, 0.2) is 5.78 Å². The number of carbonyl (C=O) groups excluding carboxylic acids is 1. The Morgan fingerprint density at radius 1 is 1.60 bits per heavy atom. The second-order valence-electron chi connectivity index (χ2n) is 3.71. The molecule has 1 aliphatic rings. The van der Waals surface area contributed by atoms with E-state index in [0.29, 0.717) is 6.61 Å². The van der Waals surface area contributed by atoms with Gasteiger partial charge in [0.2, 0.25) is 0 Å². The van der Waals surface area contributed by atoms with Gasteiger partial charge in [0.25, 0.3) is 0 Å². The molecule has 86 valence electrons. The maximum Gasteiger partial charge on any atom is 0.190 e. The Bertz CT molecular complexity index is 227. The van der Waals surface area contributed by atoms with E-state index in [1.54, 1.807) is 6.26 Å². The predicted octanol–water partition coefficient (Wildman–Crippen LogP) is 2.46. The molecule has 15 heavy (non-hydrogen) atoms. The van der Waals surface area contributed by atoms with Crippen molar-refractivity contribution < 1.29 is 14.3 Å². The van der Waals surface area contributed by atoms with Gasteiger partial charge in [-0.3, -0.25) is 4.79 Å². The van der Waals surface area contributed by atoms with Crippen LogP contribution in [0.2, 0.25) is 0 Å². The van der Waals surface area contributed by atoms with Gasteiger partial charge >= 0.3 is 0 Å². The Kier molecular flexibility index (Phi) is 5.40. The van der Waals surface area contributed by atoms with Gasteiger partial charge < -0.3 is 9.47 Å². The summed E-state index contributed by atoms with van der Waals surface area (Å²) in [6.45, 7) is 5.29. The highest BCUT2D eigenvalue weighted by atomic mass is 16.5. The monoisotopic (exact) mass is 212 g/mol. The molecule has 0 aromatic carbocycles. The van der Waals surface area contributed by atoms with Gasteiger partial charge in [-0.05, 0) is 26.2 Å². The van der Waals surface area contributed by atoms with E-state index < -0.39 is 0 Å². The van der Waals surface area contributed by atoms with Gasteiger partial charge in [-0.2, -0.15) is 0 Å². The number of hydrogen-bond donors (Lipinski definition) is 0. The quantitative estimate of drug-likeness (QED) is 0.678. The molecule has 0 aliphatic carbocycles. The number of ether oxygens (including phenoxy) is 2. The summed E-state index contributed by atoms with van der Waals surface area (Å²) in [6, 6.07) is 0. The molecule has 0 fully saturated rings. The molecule has 0 aromatic rings. The third kappa shape index (κ3) is 3.67. The zero-order valence-corrected chi connectivity index (χ0v) is 9.62. The van der Waals surface area contributed by atoms with Crippen LogP contribution in [0.1, 0.15) is 39.5 Å². The van der Waals surface area contributed by atoms with Crippen LogP contribution in [0.25, 0.3) is 0 Å². The molecule has 0 spiro atoms. The minimum atomic E-state index is -0.270. The standard InChI is InChI=1S/C12H20O3/c1-3-6-11(15-4-2)12(13)10-7-5-8-14-9-10/h9,11H,3-8H2,1-2H3. The van der Waals surface area contributed by atoms with Crippen molar-refractivity contribution in [3.05, 3.63) is 11.8 Å². The van der Waals surface area contributed by atoms with Crippen LogP contribution in [0, 0.1) is 0 Å². The lowest BCUT2D eigenvalue weighted by atomic mass is 9.99. The lowest BCUT2D eigenvalue weighted by Crippen LogP contribution is -2.27. The molecular weight excluding hydrogens is 192 g/mol. The van der Waals surface area contributed by atoms with Crippen molar-refractivity contribution in [2.75, 3.05) is 13.2 Å². The Labute approximate surface area is 91.4 Å². The summed E-state index contributed by atoms with van der Waals surface area (Å²) in [5.41, 5.74) is 0.785. The summed E-state index contributed by atoms with van der Waals surface area (Å²) in [7, 11) is 0. The predicted molar refractivity (Wildman–Crippen MR) is 58.6 cm³/mol. The Hall–Kier alpha value is -0.830. The molecule has 1 rings (SSSR count). The van der Waals surface area contributed by atoms with Crippen LogP contribution in [0.3, 0.4) is 0 Å². The van der Waals surface area contributed by atoms with E-state index >= 15 is 0 Å². The third-order valence-corrected chi connectivity index (χ3v) is 2.46. The van der Waals surface area contributed by atoms with Gasteiger partial charge in [0.05, 0.1) is 12.9 Å². The lowest BCUT2D eigenvalue weighted by Gasteiger charge is -2.19. The fourth-order valence-electron chi connectivity index (χ4n) is 1.71. The van der Waals surface area contributed by atoms with E-state index in [2.05, 4.69) is 6.92 Å². The van der Waals surface area contributed by atoms with E-state index in [9.17, 15) is 4.79 Å². The number of rotatable bonds is 6. The van der Waals surface area contributed by atoms with E-state index in [4.69, 9.17) is 9.47 Å². The average molecular weight is 212 g/mol. The lowest BCUT2D eigenvalue weighted by molar-refractivity contribution is -0.127.